The van der Waals surface area contributed by atoms with Gasteiger partial charge in [0.25, 0.3) is 0 Å². The van der Waals surface area contributed by atoms with E-state index in [-0.39, 0.29) is 11.7 Å². The van der Waals surface area contributed by atoms with Crippen molar-refractivity contribution in [1.29, 1.82) is 0 Å². The number of carbonyl (C=O) groups is 2. The minimum atomic E-state index is -0.191. The van der Waals surface area contributed by atoms with Gasteiger partial charge in [0.2, 0.25) is 5.91 Å². The van der Waals surface area contributed by atoms with Crippen LogP contribution in [0, 0.1) is 2.88 Å². The predicted molar refractivity (Wildman–Crippen MR) is 86.2 cm³/mol. The van der Waals surface area contributed by atoms with E-state index in [1.165, 1.54) is 18.3 Å². The fraction of sp³-hybridized carbons (Fsp3) is 0.0769. The molecule has 0 saturated carbocycles. The summed E-state index contributed by atoms with van der Waals surface area (Å²) in [6.07, 6.45) is 0. The van der Waals surface area contributed by atoms with Crippen molar-refractivity contribution in [3.8, 4) is 0 Å². The Labute approximate surface area is 133 Å². The summed E-state index contributed by atoms with van der Waals surface area (Å²) in [6.45, 7) is 1.42. The van der Waals surface area contributed by atoms with E-state index in [9.17, 15) is 9.59 Å². The molecule has 1 heterocycles. The molecule has 0 spiro atoms. The van der Waals surface area contributed by atoms with Crippen LogP contribution in [0.25, 0.3) is 0 Å². The zero-order chi connectivity index (χ0) is 14.0. The van der Waals surface area contributed by atoms with Crippen LogP contribution in [0.15, 0.2) is 30.3 Å². The van der Waals surface area contributed by atoms with Crippen LogP contribution in [-0.4, -0.2) is 11.7 Å². The highest BCUT2D eigenvalue weighted by atomic mass is 127. The molecule has 98 valence electrons. The van der Waals surface area contributed by atoms with E-state index in [2.05, 4.69) is 27.9 Å². The molecule has 1 aromatic carbocycles. The number of anilines is 1. The molecule has 6 heteroatoms. The number of nitrogens with one attached hydrogen (secondary N) is 1. The first-order valence-electron chi connectivity index (χ1n) is 5.34. The number of carbonyl (C=O) groups excluding carboxylic acids is 2. The van der Waals surface area contributed by atoms with Crippen molar-refractivity contribution in [3.05, 3.63) is 49.4 Å². The van der Waals surface area contributed by atoms with Crippen LogP contribution in [-0.2, 0) is 4.79 Å². The van der Waals surface area contributed by atoms with Gasteiger partial charge in [-0.1, -0.05) is 11.6 Å². The monoisotopic (exact) mass is 405 g/mol. The maximum atomic E-state index is 12.4. The molecule has 19 heavy (non-hydrogen) atoms. The Morgan fingerprint density at radius 3 is 2.47 bits per heavy atom. The SMILES string of the molecule is CC(=O)Nc1sc(I)cc1C(=O)c1ccc(Cl)cc1. The second-order valence-electron chi connectivity index (χ2n) is 3.81. The Balaban J connectivity index is 2.38. The lowest BCUT2D eigenvalue weighted by atomic mass is 10.1. The van der Waals surface area contributed by atoms with Gasteiger partial charge in [-0.25, -0.2) is 0 Å². The first-order valence-corrected chi connectivity index (χ1v) is 7.62. The number of benzene rings is 1. The number of amides is 1. The van der Waals surface area contributed by atoms with Gasteiger partial charge in [-0.15, -0.1) is 11.3 Å². The molecular formula is C13H9ClINO2S. The van der Waals surface area contributed by atoms with E-state index in [0.717, 1.165) is 2.88 Å². The van der Waals surface area contributed by atoms with Crippen molar-refractivity contribution >= 4 is 62.2 Å². The van der Waals surface area contributed by atoms with Crippen LogP contribution in [0.4, 0.5) is 5.00 Å². The maximum Gasteiger partial charge on any atom is 0.221 e. The van der Waals surface area contributed by atoms with Gasteiger partial charge in [0.15, 0.2) is 5.78 Å². The molecule has 1 aromatic heterocycles. The van der Waals surface area contributed by atoms with Crippen molar-refractivity contribution in [2.24, 2.45) is 0 Å². The van der Waals surface area contributed by atoms with Crippen LogP contribution in [0.5, 0.6) is 0 Å². The summed E-state index contributed by atoms with van der Waals surface area (Å²) in [5.74, 6) is -0.317. The molecule has 0 aliphatic heterocycles. The highest BCUT2D eigenvalue weighted by Crippen LogP contribution is 2.31. The fourth-order valence-electron chi connectivity index (χ4n) is 1.54. The molecule has 0 atom stereocenters. The van der Waals surface area contributed by atoms with Crippen molar-refractivity contribution in [2.45, 2.75) is 6.92 Å². The largest absolute Gasteiger partial charge is 0.317 e. The average Bonchev–Trinajstić information content (AvgIpc) is 2.69. The number of rotatable bonds is 3. The molecule has 0 saturated heterocycles. The number of thiophene rings is 1. The van der Waals surface area contributed by atoms with E-state index in [1.54, 1.807) is 30.3 Å². The lowest BCUT2D eigenvalue weighted by molar-refractivity contribution is -0.114. The number of halogens is 2. The second-order valence-corrected chi connectivity index (χ2v) is 7.19. The Hall–Kier alpha value is -0.920. The van der Waals surface area contributed by atoms with Gasteiger partial charge < -0.3 is 5.32 Å². The average molecular weight is 406 g/mol. The van der Waals surface area contributed by atoms with Crippen LogP contribution < -0.4 is 5.32 Å². The minimum absolute atomic E-state index is 0.125. The van der Waals surface area contributed by atoms with Gasteiger partial charge in [-0.2, -0.15) is 0 Å². The van der Waals surface area contributed by atoms with Gasteiger partial charge in [-0.05, 0) is 52.9 Å². The molecule has 1 amide bonds. The van der Waals surface area contributed by atoms with Gasteiger partial charge in [0, 0.05) is 17.5 Å². The molecule has 2 rings (SSSR count). The highest BCUT2D eigenvalue weighted by Gasteiger charge is 2.17. The predicted octanol–water partition coefficient (Wildman–Crippen LogP) is 4.20. The van der Waals surface area contributed by atoms with Gasteiger partial charge in [0.05, 0.1) is 8.45 Å². The Morgan fingerprint density at radius 2 is 1.89 bits per heavy atom. The standard InChI is InChI=1S/C13H9ClINO2S/c1-7(17)16-13-10(6-11(15)19-13)12(18)8-2-4-9(14)5-3-8/h2-6H,1H3,(H,16,17). The number of ketones is 1. The molecule has 0 aliphatic rings. The quantitative estimate of drug-likeness (QED) is 0.615. The van der Waals surface area contributed by atoms with Crippen LogP contribution in [0.2, 0.25) is 5.02 Å². The topological polar surface area (TPSA) is 46.2 Å². The summed E-state index contributed by atoms with van der Waals surface area (Å²) in [5.41, 5.74) is 1.05. The molecule has 0 bridgehead atoms. The number of hydrogen-bond donors (Lipinski definition) is 1. The Bertz CT molecular complexity index is 637. The Morgan fingerprint density at radius 1 is 1.26 bits per heavy atom. The van der Waals surface area contributed by atoms with Crippen molar-refractivity contribution in [3.63, 3.8) is 0 Å². The van der Waals surface area contributed by atoms with Gasteiger partial charge in [0.1, 0.15) is 5.00 Å². The smallest absolute Gasteiger partial charge is 0.221 e. The fourth-order valence-corrected chi connectivity index (χ4v) is 3.47. The van der Waals surface area contributed by atoms with Gasteiger partial charge >= 0.3 is 0 Å². The van der Waals surface area contributed by atoms with Crippen molar-refractivity contribution in [2.75, 3.05) is 5.32 Å². The van der Waals surface area contributed by atoms with Crippen LogP contribution >= 0.6 is 45.5 Å². The maximum absolute atomic E-state index is 12.4. The summed E-state index contributed by atoms with van der Waals surface area (Å²) >= 11 is 9.30. The van der Waals surface area contributed by atoms with E-state index in [0.29, 0.717) is 21.2 Å². The van der Waals surface area contributed by atoms with Crippen LogP contribution in [0.1, 0.15) is 22.8 Å². The minimum Gasteiger partial charge on any atom is -0.317 e. The zero-order valence-electron chi connectivity index (χ0n) is 9.87. The molecule has 3 nitrogen and oxygen atoms in total. The van der Waals surface area contributed by atoms with E-state index in [4.69, 9.17) is 11.6 Å². The third-order valence-corrected chi connectivity index (χ3v) is 4.41. The number of hydrogen-bond acceptors (Lipinski definition) is 3. The normalized spacial score (nSPS) is 10.3. The summed E-state index contributed by atoms with van der Waals surface area (Å²) in [6, 6.07) is 8.46. The van der Waals surface area contributed by atoms with Crippen LogP contribution in [0.3, 0.4) is 0 Å². The third-order valence-electron chi connectivity index (χ3n) is 2.34. The van der Waals surface area contributed by atoms with Crippen molar-refractivity contribution in [1.82, 2.24) is 0 Å². The Kier molecular flexibility index (Phi) is 4.59. The van der Waals surface area contributed by atoms with E-state index in [1.807, 2.05) is 0 Å². The molecular weight excluding hydrogens is 397 g/mol. The molecule has 0 radical (unpaired) electrons. The summed E-state index contributed by atoms with van der Waals surface area (Å²) in [4.78, 5) is 23.5. The lowest BCUT2D eigenvalue weighted by Gasteiger charge is -2.03. The molecule has 2 aromatic rings. The first-order chi connectivity index (χ1) is 8.97. The molecule has 1 N–H and O–H groups in total. The lowest BCUT2D eigenvalue weighted by Crippen LogP contribution is -2.09. The van der Waals surface area contributed by atoms with Gasteiger partial charge in [-0.3, -0.25) is 9.59 Å². The first kappa shape index (κ1) is 14.5. The highest BCUT2D eigenvalue weighted by molar-refractivity contribution is 14.1. The molecule has 0 aliphatic carbocycles. The summed E-state index contributed by atoms with van der Waals surface area (Å²) in [7, 11) is 0. The molecule has 0 fully saturated rings. The summed E-state index contributed by atoms with van der Waals surface area (Å²) < 4.78 is 0.943. The zero-order valence-corrected chi connectivity index (χ0v) is 13.6. The second kappa shape index (κ2) is 6.02. The summed E-state index contributed by atoms with van der Waals surface area (Å²) in [5, 5.41) is 3.85. The van der Waals surface area contributed by atoms with E-state index >= 15 is 0 Å². The third kappa shape index (κ3) is 3.55. The molecule has 0 unspecified atom stereocenters. The van der Waals surface area contributed by atoms with Crippen molar-refractivity contribution < 1.29 is 9.59 Å². The van der Waals surface area contributed by atoms with E-state index < -0.39 is 0 Å².